The summed E-state index contributed by atoms with van der Waals surface area (Å²) in [6, 6.07) is 7.07. The van der Waals surface area contributed by atoms with Crippen molar-refractivity contribution in [3.8, 4) is 11.1 Å². The molecule has 0 aliphatic heterocycles. The van der Waals surface area contributed by atoms with Crippen LogP contribution in [0.3, 0.4) is 0 Å². The summed E-state index contributed by atoms with van der Waals surface area (Å²) in [5.41, 5.74) is 8.93. The maximum absolute atomic E-state index is 13.0. The molecular weight excluding hydrogens is 437 g/mol. The van der Waals surface area contributed by atoms with Gasteiger partial charge in [0, 0.05) is 30.6 Å². The molecule has 1 aromatic carbocycles. The fraction of sp³-hybridized carbons (Fsp3) is 0.318. The number of amides is 1. The SMILES string of the molecule is Cn1cc(-c2cnc(N)c(C(=O)N[C@H]3CCC[C@@H]3OCc3ccc(Cl)c(Cl)c3)c2)cn1. The number of carbonyl (C=O) groups is 1. The van der Waals surface area contributed by atoms with E-state index in [1.54, 1.807) is 35.3 Å². The predicted molar refractivity (Wildman–Crippen MR) is 121 cm³/mol. The van der Waals surface area contributed by atoms with Crippen molar-refractivity contribution in [1.29, 1.82) is 0 Å². The molecule has 4 rings (SSSR count). The van der Waals surface area contributed by atoms with Gasteiger partial charge in [-0.3, -0.25) is 9.48 Å². The van der Waals surface area contributed by atoms with Crippen LogP contribution < -0.4 is 11.1 Å². The topological polar surface area (TPSA) is 95.1 Å². The number of hydrogen-bond acceptors (Lipinski definition) is 5. The Morgan fingerprint density at radius 1 is 1.23 bits per heavy atom. The Morgan fingerprint density at radius 2 is 2.06 bits per heavy atom. The second-order valence-electron chi connectivity index (χ2n) is 7.67. The molecule has 9 heteroatoms. The fourth-order valence-corrected chi connectivity index (χ4v) is 4.08. The number of carbonyl (C=O) groups excluding carboxylic acids is 1. The molecule has 1 fully saturated rings. The molecule has 1 aliphatic carbocycles. The van der Waals surface area contributed by atoms with Gasteiger partial charge in [0.15, 0.2) is 0 Å². The zero-order chi connectivity index (χ0) is 22.0. The lowest BCUT2D eigenvalue weighted by atomic mass is 10.1. The molecule has 2 heterocycles. The largest absolute Gasteiger partial charge is 0.383 e. The van der Waals surface area contributed by atoms with E-state index in [0.29, 0.717) is 22.2 Å². The molecule has 0 unspecified atom stereocenters. The molecule has 1 saturated carbocycles. The zero-order valence-electron chi connectivity index (χ0n) is 17.0. The van der Waals surface area contributed by atoms with Gasteiger partial charge >= 0.3 is 0 Å². The average molecular weight is 460 g/mol. The van der Waals surface area contributed by atoms with E-state index < -0.39 is 0 Å². The molecule has 1 aliphatic rings. The highest BCUT2D eigenvalue weighted by atomic mass is 35.5. The number of nitrogens with zero attached hydrogens (tertiary/aromatic N) is 3. The van der Waals surface area contributed by atoms with Gasteiger partial charge in [-0.2, -0.15) is 5.10 Å². The summed E-state index contributed by atoms with van der Waals surface area (Å²) in [5.74, 6) is -0.0674. The molecule has 31 heavy (non-hydrogen) atoms. The third-order valence-corrected chi connectivity index (χ3v) is 6.16. The Hall–Kier alpha value is -2.61. The highest BCUT2D eigenvalue weighted by molar-refractivity contribution is 6.42. The summed E-state index contributed by atoms with van der Waals surface area (Å²) in [4.78, 5) is 17.2. The minimum absolute atomic E-state index is 0.0888. The number of pyridine rings is 1. The summed E-state index contributed by atoms with van der Waals surface area (Å²) in [7, 11) is 1.83. The molecule has 2 atom stereocenters. The molecule has 0 radical (unpaired) electrons. The number of anilines is 1. The first kappa shape index (κ1) is 21.6. The average Bonchev–Trinajstić information content (AvgIpc) is 3.38. The summed E-state index contributed by atoms with van der Waals surface area (Å²) >= 11 is 12.1. The van der Waals surface area contributed by atoms with Crippen molar-refractivity contribution in [2.24, 2.45) is 7.05 Å². The molecule has 0 bridgehead atoms. The van der Waals surface area contributed by atoms with Crippen molar-refractivity contribution in [3.05, 3.63) is 64.0 Å². The minimum Gasteiger partial charge on any atom is -0.383 e. The van der Waals surface area contributed by atoms with Crippen LogP contribution in [0.4, 0.5) is 5.82 Å². The van der Waals surface area contributed by atoms with E-state index in [1.165, 1.54) is 0 Å². The molecule has 162 valence electrons. The van der Waals surface area contributed by atoms with Crippen molar-refractivity contribution in [1.82, 2.24) is 20.1 Å². The smallest absolute Gasteiger partial charge is 0.255 e. The molecular formula is C22H23Cl2N5O2. The minimum atomic E-state index is -0.259. The van der Waals surface area contributed by atoms with Crippen LogP contribution >= 0.6 is 23.2 Å². The number of nitrogen functional groups attached to an aromatic ring is 1. The van der Waals surface area contributed by atoms with E-state index in [9.17, 15) is 4.79 Å². The van der Waals surface area contributed by atoms with E-state index in [-0.39, 0.29) is 23.9 Å². The second kappa shape index (κ2) is 9.26. The number of benzene rings is 1. The number of aromatic nitrogens is 3. The van der Waals surface area contributed by atoms with Crippen LogP contribution in [0, 0.1) is 0 Å². The molecule has 1 amide bonds. The van der Waals surface area contributed by atoms with Crippen molar-refractivity contribution in [3.63, 3.8) is 0 Å². The third-order valence-electron chi connectivity index (χ3n) is 5.42. The van der Waals surface area contributed by atoms with Gasteiger partial charge in [0.25, 0.3) is 5.91 Å². The van der Waals surface area contributed by atoms with Gasteiger partial charge in [-0.05, 0) is 43.0 Å². The van der Waals surface area contributed by atoms with Crippen molar-refractivity contribution in [2.75, 3.05) is 5.73 Å². The summed E-state index contributed by atoms with van der Waals surface area (Å²) in [5, 5.41) is 8.24. The van der Waals surface area contributed by atoms with E-state index >= 15 is 0 Å². The predicted octanol–water partition coefficient (Wildman–Crippen LogP) is 4.24. The molecule has 0 saturated heterocycles. The number of aryl methyl sites for hydroxylation is 1. The van der Waals surface area contributed by atoms with Gasteiger partial charge in [-0.15, -0.1) is 0 Å². The number of hydrogen-bond donors (Lipinski definition) is 2. The number of nitrogens with two attached hydrogens (primary N) is 1. The normalized spacial score (nSPS) is 18.3. The molecule has 0 spiro atoms. The number of nitrogens with one attached hydrogen (secondary N) is 1. The van der Waals surface area contributed by atoms with Crippen LogP contribution in [0.15, 0.2) is 42.9 Å². The van der Waals surface area contributed by atoms with Crippen molar-refractivity contribution in [2.45, 2.75) is 38.0 Å². The van der Waals surface area contributed by atoms with Gasteiger partial charge in [0.2, 0.25) is 0 Å². The van der Waals surface area contributed by atoms with Gasteiger partial charge in [-0.25, -0.2) is 4.98 Å². The van der Waals surface area contributed by atoms with E-state index in [2.05, 4.69) is 15.4 Å². The van der Waals surface area contributed by atoms with Crippen LogP contribution in [0.1, 0.15) is 35.2 Å². The standard InChI is InChI=1S/C22H23Cl2N5O2/c1-29-11-15(10-27-29)14-8-16(21(25)26-9-14)22(30)28-19-3-2-4-20(19)31-12-13-5-6-17(23)18(24)7-13/h5-11,19-20H,2-4,12H2,1H3,(H2,25,26)(H,28,30)/t19-,20-/m0/s1. The van der Waals surface area contributed by atoms with E-state index in [1.807, 2.05) is 19.3 Å². The first-order valence-electron chi connectivity index (χ1n) is 10.0. The van der Waals surface area contributed by atoms with Crippen LogP contribution in [-0.2, 0) is 18.4 Å². The first-order valence-corrected chi connectivity index (χ1v) is 10.8. The van der Waals surface area contributed by atoms with Crippen LogP contribution in [0.5, 0.6) is 0 Å². The summed E-state index contributed by atoms with van der Waals surface area (Å²) < 4.78 is 7.78. The molecule has 3 N–H and O–H groups in total. The van der Waals surface area contributed by atoms with Crippen LogP contribution in [-0.4, -0.2) is 32.8 Å². The van der Waals surface area contributed by atoms with Crippen molar-refractivity contribution >= 4 is 34.9 Å². The van der Waals surface area contributed by atoms with Gasteiger partial charge < -0.3 is 15.8 Å². The highest BCUT2D eigenvalue weighted by Gasteiger charge is 2.30. The summed E-state index contributed by atoms with van der Waals surface area (Å²) in [6.45, 7) is 0.397. The maximum Gasteiger partial charge on any atom is 0.255 e. The Balaban J connectivity index is 1.43. The third kappa shape index (κ3) is 5.01. The maximum atomic E-state index is 13.0. The Kier molecular flexibility index (Phi) is 6.46. The monoisotopic (exact) mass is 459 g/mol. The first-order chi connectivity index (χ1) is 14.9. The van der Waals surface area contributed by atoms with Crippen LogP contribution in [0.25, 0.3) is 11.1 Å². The fourth-order valence-electron chi connectivity index (χ4n) is 3.75. The van der Waals surface area contributed by atoms with Gasteiger partial charge in [0.1, 0.15) is 5.82 Å². The lowest BCUT2D eigenvalue weighted by Gasteiger charge is -2.22. The zero-order valence-corrected chi connectivity index (χ0v) is 18.5. The lowest BCUT2D eigenvalue weighted by molar-refractivity contribution is 0.0272. The number of rotatable bonds is 6. The second-order valence-corrected chi connectivity index (χ2v) is 8.48. The summed E-state index contributed by atoms with van der Waals surface area (Å²) in [6.07, 6.45) is 7.82. The quantitative estimate of drug-likeness (QED) is 0.574. The van der Waals surface area contributed by atoms with Gasteiger partial charge in [-0.1, -0.05) is 29.3 Å². The Morgan fingerprint density at radius 3 is 2.81 bits per heavy atom. The number of ether oxygens (including phenoxy) is 1. The Labute approximate surface area is 190 Å². The van der Waals surface area contributed by atoms with Crippen LogP contribution in [0.2, 0.25) is 10.0 Å². The van der Waals surface area contributed by atoms with Crippen molar-refractivity contribution < 1.29 is 9.53 Å². The number of halogens is 2. The van der Waals surface area contributed by atoms with Gasteiger partial charge in [0.05, 0.1) is 40.6 Å². The lowest BCUT2D eigenvalue weighted by Crippen LogP contribution is -2.41. The molecule has 3 aromatic rings. The highest BCUT2D eigenvalue weighted by Crippen LogP contribution is 2.27. The Bertz CT molecular complexity index is 1100. The van der Waals surface area contributed by atoms with E-state index in [4.69, 9.17) is 33.7 Å². The molecule has 7 nitrogen and oxygen atoms in total. The molecule has 2 aromatic heterocycles. The van der Waals surface area contributed by atoms with E-state index in [0.717, 1.165) is 36.0 Å².